The van der Waals surface area contributed by atoms with Crippen LogP contribution in [0.3, 0.4) is 0 Å². The van der Waals surface area contributed by atoms with E-state index in [9.17, 15) is 24.6 Å². The number of amides is 1. The number of Topliss-reactive ketones (excluding diaryl/α,β-unsaturated/α-hetero) is 1. The summed E-state index contributed by atoms with van der Waals surface area (Å²) in [6.07, 6.45) is 7.83. The number of fused-ring (bicyclic) bond motifs is 5. The monoisotopic (exact) mass is 504 g/mol. The molecule has 9 nitrogen and oxygen atoms in total. The zero-order valence-corrected chi connectivity index (χ0v) is 21.7. The number of aliphatic hydroxyl groups excluding tert-OH is 1. The van der Waals surface area contributed by atoms with Gasteiger partial charge in [0.2, 0.25) is 0 Å². The molecule has 1 amide bonds. The molecule has 8 atom stereocenters. The molecule has 0 bridgehead atoms. The van der Waals surface area contributed by atoms with Crippen molar-refractivity contribution in [2.45, 2.75) is 96.8 Å². The Balaban J connectivity index is 1.42. The van der Waals surface area contributed by atoms with Crippen molar-refractivity contribution in [1.82, 2.24) is 5.32 Å². The van der Waals surface area contributed by atoms with E-state index in [1.165, 1.54) is 19.4 Å². The molecule has 3 fully saturated rings. The van der Waals surface area contributed by atoms with Gasteiger partial charge in [-0.25, -0.2) is 4.79 Å². The number of carboxylic acids is 1. The van der Waals surface area contributed by atoms with Gasteiger partial charge in [-0.2, -0.15) is 0 Å². The summed E-state index contributed by atoms with van der Waals surface area (Å²) in [6, 6.07) is -1.40. The first-order valence-electron chi connectivity index (χ1n) is 13.2. The van der Waals surface area contributed by atoms with Gasteiger partial charge >= 0.3 is 5.97 Å². The first-order valence-corrected chi connectivity index (χ1v) is 13.2. The Kier molecular flexibility index (Phi) is 7.11. The fourth-order valence-corrected chi connectivity index (χ4v) is 8.01. The zero-order chi connectivity index (χ0) is 26.5. The molecular formula is C27H40N2O7. The lowest BCUT2D eigenvalue weighted by atomic mass is 9.46. The van der Waals surface area contributed by atoms with Gasteiger partial charge in [0, 0.05) is 5.41 Å². The molecule has 3 saturated carbocycles. The van der Waals surface area contributed by atoms with Crippen LogP contribution in [0.25, 0.3) is 0 Å². The molecule has 0 aromatic carbocycles. The topological polar surface area (TPSA) is 146 Å². The quantitative estimate of drug-likeness (QED) is 0.390. The van der Waals surface area contributed by atoms with Crippen LogP contribution in [0.5, 0.6) is 0 Å². The second kappa shape index (κ2) is 9.56. The van der Waals surface area contributed by atoms with Gasteiger partial charge in [-0.1, -0.05) is 24.6 Å². The minimum Gasteiger partial charge on any atom is -0.480 e. The largest absolute Gasteiger partial charge is 0.480 e. The Morgan fingerprint density at radius 1 is 1.14 bits per heavy atom. The highest BCUT2D eigenvalue weighted by Crippen LogP contribution is 2.67. The van der Waals surface area contributed by atoms with E-state index >= 15 is 0 Å². The number of aliphatic hydroxyl groups is 2. The lowest BCUT2D eigenvalue weighted by Crippen LogP contribution is -2.57. The van der Waals surface area contributed by atoms with Gasteiger partial charge in [0.25, 0.3) is 5.91 Å². The van der Waals surface area contributed by atoms with Gasteiger partial charge in [-0.15, -0.1) is 0 Å². The van der Waals surface area contributed by atoms with Crippen molar-refractivity contribution in [2.75, 3.05) is 6.61 Å². The van der Waals surface area contributed by atoms with E-state index in [4.69, 9.17) is 9.94 Å². The Hall–Kier alpha value is -2.26. The molecule has 200 valence electrons. The van der Waals surface area contributed by atoms with Crippen LogP contribution in [0.2, 0.25) is 0 Å². The van der Waals surface area contributed by atoms with Gasteiger partial charge in [0.1, 0.15) is 5.60 Å². The van der Waals surface area contributed by atoms with Gasteiger partial charge in [0.05, 0.1) is 11.8 Å². The normalized spacial score (nSPS) is 40.2. The molecule has 4 N–H and O–H groups in total. The molecule has 0 aromatic rings. The smallest absolute Gasteiger partial charge is 0.328 e. The molecule has 0 aromatic heterocycles. The van der Waals surface area contributed by atoms with E-state index in [1.807, 2.05) is 0 Å². The van der Waals surface area contributed by atoms with Crippen molar-refractivity contribution in [1.29, 1.82) is 0 Å². The van der Waals surface area contributed by atoms with Gasteiger partial charge in [-0.05, 0) is 94.5 Å². The molecule has 0 radical (unpaired) electrons. The molecule has 36 heavy (non-hydrogen) atoms. The number of hydrogen-bond acceptors (Lipinski definition) is 7. The fourth-order valence-electron chi connectivity index (χ4n) is 8.01. The molecule has 0 spiro atoms. The Morgan fingerprint density at radius 3 is 2.47 bits per heavy atom. The molecular weight excluding hydrogens is 464 g/mol. The maximum atomic E-state index is 12.4. The maximum absolute atomic E-state index is 12.4. The van der Waals surface area contributed by atoms with Crippen LogP contribution in [0, 0.1) is 28.6 Å². The molecule has 0 saturated heterocycles. The lowest BCUT2D eigenvalue weighted by molar-refractivity contribution is -0.159. The minimum atomic E-state index is -1.40. The highest BCUT2D eigenvalue weighted by Gasteiger charge is 2.65. The van der Waals surface area contributed by atoms with E-state index in [0.717, 1.165) is 50.7 Å². The number of allylic oxidation sites excluding steroid dienone is 2. The predicted octanol–water partition coefficient (Wildman–Crippen LogP) is 2.59. The van der Waals surface area contributed by atoms with Crippen LogP contribution in [-0.2, 0) is 19.2 Å². The van der Waals surface area contributed by atoms with E-state index in [1.54, 1.807) is 0 Å². The summed E-state index contributed by atoms with van der Waals surface area (Å²) >= 11 is 0. The van der Waals surface area contributed by atoms with E-state index in [-0.39, 0.29) is 16.6 Å². The van der Waals surface area contributed by atoms with Crippen LogP contribution >= 0.6 is 0 Å². The molecule has 2 unspecified atom stereocenters. The second-order valence-corrected chi connectivity index (χ2v) is 11.9. The van der Waals surface area contributed by atoms with Crippen molar-refractivity contribution < 1.29 is 34.5 Å². The number of carbonyl (C=O) groups is 3. The zero-order valence-electron chi connectivity index (χ0n) is 21.7. The SMILES string of the molecule is CC(=O)[C@@]1(O)CC[C@H]2[C@@H]3CCC4=CC(=NOCC(=O)NC(C(=O)O)C(C)O)CC[C@]4(C)[C@H]3CC[C@@]21C. The average Bonchev–Trinajstić information content (AvgIpc) is 3.09. The van der Waals surface area contributed by atoms with E-state index in [0.29, 0.717) is 24.2 Å². The Bertz CT molecular complexity index is 991. The van der Waals surface area contributed by atoms with Crippen molar-refractivity contribution in [3.8, 4) is 0 Å². The Labute approximate surface area is 212 Å². The maximum Gasteiger partial charge on any atom is 0.328 e. The minimum absolute atomic E-state index is 0.0452. The molecule has 4 aliphatic carbocycles. The molecule has 0 aliphatic heterocycles. The number of nitrogens with one attached hydrogen (secondary N) is 1. The van der Waals surface area contributed by atoms with Gasteiger partial charge < -0.3 is 25.5 Å². The summed E-state index contributed by atoms with van der Waals surface area (Å²) in [4.78, 5) is 40.8. The van der Waals surface area contributed by atoms with Crippen LogP contribution in [0.15, 0.2) is 16.8 Å². The molecule has 9 heteroatoms. The van der Waals surface area contributed by atoms with Crippen molar-refractivity contribution in [3.63, 3.8) is 0 Å². The summed E-state index contributed by atoms with van der Waals surface area (Å²) in [7, 11) is 0. The van der Waals surface area contributed by atoms with Crippen molar-refractivity contribution in [3.05, 3.63) is 11.6 Å². The van der Waals surface area contributed by atoms with E-state index < -0.39 is 36.2 Å². The van der Waals surface area contributed by atoms with Crippen LogP contribution < -0.4 is 5.32 Å². The number of carboxylic acid groups (broad SMARTS) is 1. The summed E-state index contributed by atoms with van der Waals surface area (Å²) in [5, 5.41) is 36.3. The Morgan fingerprint density at radius 2 is 1.83 bits per heavy atom. The summed E-state index contributed by atoms with van der Waals surface area (Å²) in [6.45, 7) is 6.88. The molecule has 4 aliphatic rings. The van der Waals surface area contributed by atoms with Crippen LogP contribution in [0.4, 0.5) is 0 Å². The van der Waals surface area contributed by atoms with Crippen LogP contribution in [0.1, 0.15) is 79.1 Å². The van der Waals surface area contributed by atoms with Crippen molar-refractivity contribution >= 4 is 23.4 Å². The fraction of sp³-hybridized carbons (Fsp3) is 0.778. The summed E-state index contributed by atoms with van der Waals surface area (Å²) in [5.74, 6) is -0.709. The van der Waals surface area contributed by atoms with Crippen molar-refractivity contribution in [2.24, 2.45) is 33.7 Å². The average molecular weight is 505 g/mol. The first kappa shape index (κ1) is 26.8. The first-order chi connectivity index (χ1) is 16.8. The number of hydrogen-bond donors (Lipinski definition) is 4. The number of aliphatic carboxylic acids is 1. The number of carbonyl (C=O) groups excluding carboxylic acids is 2. The number of rotatable bonds is 7. The lowest BCUT2D eigenvalue weighted by Gasteiger charge is -2.59. The molecule has 4 rings (SSSR count). The second-order valence-electron chi connectivity index (χ2n) is 11.9. The standard InChI is InChI=1S/C27H40N2O7/c1-15(30)23(24(33)34)28-22(32)14-36-29-18-7-10-25(3)17(13-18)5-6-19-20(25)8-11-26(4)21(19)9-12-27(26,35)16(2)31/h13,15,19-21,23,30,35H,5-12,14H2,1-4H3,(H,28,32)(H,33,34)/t15?,19-,20+,21+,23?,25+,26+,27+/m1/s1. The van der Waals surface area contributed by atoms with Gasteiger partial charge in [-0.3, -0.25) is 9.59 Å². The highest BCUT2D eigenvalue weighted by molar-refractivity contribution is 5.96. The number of oxime groups is 1. The third-order valence-corrected chi connectivity index (χ3v) is 10.2. The summed E-state index contributed by atoms with van der Waals surface area (Å²) in [5.41, 5.74) is 0.622. The number of ketones is 1. The number of nitrogens with zero attached hydrogens (tertiary/aromatic N) is 1. The third-order valence-electron chi connectivity index (χ3n) is 10.2. The van der Waals surface area contributed by atoms with Crippen LogP contribution in [-0.4, -0.2) is 63.0 Å². The molecule has 0 heterocycles. The van der Waals surface area contributed by atoms with Gasteiger partial charge in [0.15, 0.2) is 18.4 Å². The third kappa shape index (κ3) is 4.28. The van der Waals surface area contributed by atoms with E-state index in [2.05, 4.69) is 30.4 Å². The highest BCUT2D eigenvalue weighted by atomic mass is 16.6. The summed E-state index contributed by atoms with van der Waals surface area (Å²) < 4.78 is 0. The predicted molar refractivity (Wildman–Crippen MR) is 132 cm³/mol.